The van der Waals surface area contributed by atoms with Gasteiger partial charge in [-0.3, -0.25) is 0 Å². The van der Waals surface area contributed by atoms with Gasteiger partial charge in [-0.2, -0.15) is 0 Å². The summed E-state index contributed by atoms with van der Waals surface area (Å²) in [5.41, 5.74) is 1.13. The Morgan fingerprint density at radius 2 is 2.22 bits per heavy atom. The van der Waals surface area contributed by atoms with E-state index >= 15 is 0 Å². The van der Waals surface area contributed by atoms with Crippen LogP contribution in [0.5, 0.6) is 11.5 Å². The van der Waals surface area contributed by atoms with E-state index in [9.17, 15) is 0 Å². The summed E-state index contributed by atoms with van der Waals surface area (Å²) < 4.78 is 10.8. The third-order valence-electron chi connectivity index (χ3n) is 3.66. The normalized spacial score (nSPS) is 18.9. The Balaban J connectivity index is 1.64. The van der Waals surface area contributed by atoms with Gasteiger partial charge in [-0.1, -0.05) is 12.1 Å². The van der Waals surface area contributed by atoms with Crippen LogP contribution in [0.25, 0.3) is 0 Å². The molecule has 0 saturated heterocycles. The van der Waals surface area contributed by atoms with E-state index in [4.69, 9.17) is 14.6 Å². The van der Waals surface area contributed by atoms with Crippen molar-refractivity contribution in [2.75, 3.05) is 13.4 Å². The van der Waals surface area contributed by atoms with E-state index in [1.54, 1.807) is 0 Å². The van der Waals surface area contributed by atoms with Gasteiger partial charge in [0.25, 0.3) is 0 Å². The Morgan fingerprint density at radius 3 is 3.00 bits per heavy atom. The number of aliphatic hydroxyl groups is 1. The molecule has 1 aromatic rings. The largest absolute Gasteiger partial charge is 0.454 e. The standard InChI is InChI=1S/C14H19NO3/c16-7-6-12(10-4-5-10)15-8-11-2-1-3-13-14(11)18-9-17-13/h1-3,10,12,15-16H,4-9H2. The molecule has 1 aromatic carbocycles. The number of nitrogens with one attached hydrogen (secondary N) is 1. The van der Waals surface area contributed by atoms with Crippen LogP contribution in [0.4, 0.5) is 0 Å². The van der Waals surface area contributed by atoms with Gasteiger partial charge in [-0.05, 0) is 31.2 Å². The summed E-state index contributed by atoms with van der Waals surface area (Å²) in [5, 5.41) is 12.6. The summed E-state index contributed by atoms with van der Waals surface area (Å²) in [4.78, 5) is 0. The van der Waals surface area contributed by atoms with Crippen molar-refractivity contribution in [3.05, 3.63) is 23.8 Å². The Hall–Kier alpha value is -1.26. The van der Waals surface area contributed by atoms with Crippen LogP contribution in [0.1, 0.15) is 24.8 Å². The summed E-state index contributed by atoms with van der Waals surface area (Å²) in [6, 6.07) is 6.40. The molecule has 0 bridgehead atoms. The van der Waals surface area contributed by atoms with E-state index in [1.165, 1.54) is 12.8 Å². The molecule has 98 valence electrons. The molecule has 1 aliphatic carbocycles. The van der Waals surface area contributed by atoms with Crippen molar-refractivity contribution in [1.29, 1.82) is 0 Å². The molecule has 1 aliphatic heterocycles. The van der Waals surface area contributed by atoms with Crippen molar-refractivity contribution in [1.82, 2.24) is 5.32 Å². The van der Waals surface area contributed by atoms with E-state index in [-0.39, 0.29) is 6.61 Å². The van der Waals surface area contributed by atoms with Crippen LogP contribution in [0, 0.1) is 5.92 Å². The monoisotopic (exact) mass is 249 g/mol. The van der Waals surface area contributed by atoms with Gasteiger partial charge in [0, 0.05) is 24.8 Å². The van der Waals surface area contributed by atoms with Crippen LogP contribution in [0.3, 0.4) is 0 Å². The fraction of sp³-hybridized carbons (Fsp3) is 0.571. The number of aliphatic hydroxyl groups excluding tert-OH is 1. The number of fused-ring (bicyclic) bond motifs is 1. The molecule has 1 fully saturated rings. The molecular formula is C14H19NO3. The van der Waals surface area contributed by atoms with Gasteiger partial charge in [0.15, 0.2) is 11.5 Å². The topological polar surface area (TPSA) is 50.7 Å². The fourth-order valence-corrected chi connectivity index (χ4v) is 2.51. The molecule has 0 aromatic heterocycles. The number of ether oxygens (including phenoxy) is 2. The van der Waals surface area contributed by atoms with E-state index in [1.807, 2.05) is 12.1 Å². The number of hydrogen-bond donors (Lipinski definition) is 2. The zero-order valence-corrected chi connectivity index (χ0v) is 10.4. The van der Waals surface area contributed by atoms with E-state index in [2.05, 4.69) is 11.4 Å². The lowest BCUT2D eigenvalue weighted by Crippen LogP contribution is -2.31. The molecule has 1 heterocycles. The van der Waals surface area contributed by atoms with Crippen molar-refractivity contribution in [2.24, 2.45) is 5.92 Å². The third kappa shape index (κ3) is 2.44. The lowest BCUT2D eigenvalue weighted by Gasteiger charge is -2.17. The molecule has 1 saturated carbocycles. The van der Waals surface area contributed by atoms with Crippen LogP contribution in [-0.4, -0.2) is 24.5 Å². The second-order valence-corrected chi connectivity index (χ2v) is 4.99. The summed E-state index contributed by atoms with van der Waals surface area (Å²) in [5.74, 6) is 2.44. The maximum absolute atomic E-state index is 9.08. The molecule has 2 N–H and O–H groups in total. The zero-order chi connectivity index (χ0) is 12.4. The molecule has 0 spiro atoms. The molecule has 0 amide bonds. The summed E-state index contributed by atoms with van der Waals surface area (Å²) >= 11 is 0. The highest BCUT2D eigenvalue weighted by Crippen LogP contribution is 2.37. The van der Waals surface area contributed by atoms with Crippen LogP contribution < -0.4 is 14.8 Å². The Labute approximate surface area is 107 Å². The molecule has 0 radical (unpaired) electrons. The maximum Gasteiger partial charge on any atom is 0.231 e. The minimum atomic E-state index is 0.251. The van der Waals surface area contributed by atoms with Gasteiger partial charge < -0.3 is 19.9 Å². The maximum atomic E-state index is 9.08. The molecule has 4 heteroatoms. The van der Waals surface area contributed by atoms with Gasteiger partial charge in [0.1, 0.15) is 0 Å². The molecule has 2 aliphatic rings. The van der Waals surface area contributed by atoms with Crippen LogP contribution >= 0.6 is 0 Å². The zero-order valence-electron chi connectivity index (χ0n) is 10.4. The van der Waals surface area contributed by atoms with E-state index < -0.39 is 0 Å². The van der Waals surface area contributed by atoms with Gasteiger partial charge in [0.05, 0.1) is 0 Å². The molecule has 1 atom stereocenters. The van der Waals surface area contributed by atoms with Crippen molar-refractivity contribution >= 4 is 0 Å². The minimum absolute atomic E-state index is 0.251. The smallest absolute Gasteiger partial charge is 0.231 e. The lowest BCUT2D eigenvalue weighted by atomic mass is 10.1. The van der Waals surface area contributed by atoms with Crippen molar-refractivity contribution < 1.29 is 14.6 Å². The second kappa shape index (κ2) is 5.16. The predicted octanol–water partition coefficient (Wildman–Crippen LogP) is 1.67. The highest BCUT2D eigenvalue weighted by molar-refractivity contribution is 5.48. The van der Waals surface area contributed by atoms with Crippen molar-refractivity contribution in [3.63, 3.8) is 0 Å². The van der Waals surface area contributed by atoms with Gasteiger partial charge in [-0.15, -0.1) is 0 Å². The van der Waals surface area contributed by atoms with Gasteiger partial charge in [-0.25, -0.2) is 0 Å². The van der Waals surface area contributed by atoms with Crippen molar-refractivity contribution in [3.8, 4) is 11.5 Å². The van der Waals surface area contributed by atoms with Gasteiger partial charge >= 0.3 is 0 Å². The number of rotatable bonds is 6. The molecule has 3 rings (SSSR count). The number of hydrogen-bond acceptors (Lipinski definition) is 4. The predicted molar refractivity (Wildman–Crippen MR) is 67.6 cm³/mol. The van der Waals surface area contributed by atoms with Crippen LogP contribution in [0.15, 0.2) is 18.2 Å². The lowest BCUT2D eigenvalue weighted by molar-refractivity contribution is 0.173. The first kappa shape index (κ1) is 11.8. The Morgan fingerprint density at radius 1 is 1.33 bits per heavy atom. The first-order chi connectivity index (χ1) is 8.88. The van der Waals surface area contributed by atoms with Crippen molar-refractivity contribution in [2.45, 2.75) is 31.8 Å². The highest BCUT2D eigenvalue weighted by atomic mass is 16.7. The summed E-state index contributed by atoms with van der Waals surface area (Å²) in [6.07, 6.45) is 3.39. The fourth-order valence-electron chi connectivity index (χ4n) is 2.51. The molecular weight excluding hydrogens is 230 g/mol. The quantitative estimate of drug-likeness (QED) is 0.805. The van der Waals surface area contributed by atoms with Gasteiger partial charge in [0.2, 0.25) is 6.79 Å². The average molecular weight is 249 g/mol. The Kier molecular flexibility index (Phi) is 3.39. The van der Waals surface area contributed by atoms with E-state index in [0.717, 1.165) is 35.9 Å². The SMILES string of the molecule is OCCC(NCc1cccc2c1OCO2)C1CC1. The Bertz CT molecular complexity index is 418. The van der Waals surface area contributed by atoms with Crippen LogP contribution in [0.2, 0.25) is 0 Å². The summed E-state index contributed by atoms with van der Waals surface area (Å²) in [7, 11) is 0. The first-order valence-corrected chi connectivity index (χ1v) is 6.60. The minimum Gasteiger partial charge on any atom is -0.454 e. The first-order valence-electron chi connectivity index (χ1n) is 6.60. The molecule has 4 nitrogen and oxygen atoms in total. The molecule has 1 unspecified atom stereocenters. The summed E-state index contributed by atoms with van der Waals surface area (Å²) in [6.45, 7) is 1.34. The average Bonchev–Trinajstić information content (AvgIpc) is 3.11. The second-order valence-electron chi connectivity index (χ2n) is 4.99. The van der Waals surface area contributed by atoms with Crippen LogP contribution in [-0.2, 0) is 6.54 Å². The van der Waals surface area contributed by atoms with E-state index in [0.29, 0.717) is 12.8 Å². The number of para-hydroxylation sites is 1. The highest BCUT2D eigenvalue weighted by Gasteiger charge is 2.30. The number of benzene rings is 1. The molecule has 18 heavy (non-hydrogen) atoms. The third-order valence-corrected chi connectivity index (χ3v) is 3.66.